The van der Waals surface area contributed by atoms with E-state index in [1.807, 2.05) is 54.6 Å². The smallest absolute Gasteiger partial charge is 0.254 e. The van der Waals surface area contributed by atoms with E-state index in [2.05, 4.69) is 42.0 Å². The van der Waals surface area contributed by atoms with Gasteiger partial charge in [0.25, 0.3) is 5.91 Å². The largest absolute Gasteiger partial charge is 0.335 e. The number of rotatable bonds is 5. The predicted octanol–water partition coefficient (Wildman–Crippen LogP) is 5.22. The van der Waals surface area contributed by atoms with Gasteiger partial charge in [0.1, 0.15) is 0 Å². The van der Waals surface area contributed by atoms with Crippen LogP contribution in [0.1, 0.15) is 68.8 Å². The van der Waals surface area contributed by atoms with Crippen molar-refractivity contribution >= 4 is 17.5 Å². The Hall–Kier alpha value is -3.17. The van der Waals surface area contributed by atoms with Gasteiger partial charge in [0, 0.05) is 36.9 Å². The SMILES string of the molecule is CC1(C)CC2CC(C)(CN2C(=O)c2ccc(NC(=O)CN3CCC(C#N)(c4ccccc4)CC3)cc2)C1. The van der Waals surface area contributed by atoms with Crippen molar-refractivity contribution in [2.75, 3.05) is 31.5 Å². The minimum Gasteiger partial charge on any atom is -0.335 e. The summed E-state index contributed by atoms with van der Waals surface area (Å²) in [5.74, 6) is 0.0174. The molecule has 1 saturated carbocycles. The molecule has 2 bridgehead atoms. The average molecular weight is 499 g/mol. The summed E-state index contributed by atoms with van der Waals surface area (Å²) in [5, 5.41) is 12.9. The van der Waals surface area contributed by atoms with Crippen molar-refractivity contribution < 1.29 is 9.59 Å². The van der Waals surface area contributed by atoms with E-state index >= 15 is 0 Å². The van der Waals surface area contributed by atoms with E-state index in [-0.39, 0.29) is 22.6 Å². The summed E-state index contributed by atoms with van der Waals surface area (Å²) in [6, 6.07) is 20.1. The van der Waals surface area contributed by atoms with Gasteiger partial charge in [0.2, 0.25) is 5.91 Å². The molecule has 194 valence electrons. The molecule has 2 unspecified atom stereocenters. The maximum Gasteiger partial charge on any atom is 0.254 e. The van der Waals surface area contributed by atoms with E-state index in [0.717, 1.165) is 31.4 Å². The Kier molecular flexibility index (Phi) is 6.62. The summed E-state index contributed by atoms with van der Waals surface area (Å²) in [6.07, 6.45) is 4.73. The fourth-order valence-corrected chi connectivity index (χ4v) is 7.28. The molecule has 2 amide bonds. The highest BCUT2D eigenvalue weighted by atomic mass is 16.2. The van der Waals surface area contributed by atoms with Gasteiger partial charge in [-0.2, -0.15) is 5.26 Å². The lowest BCUT2D eigenvalue weighted by atomic mass is 9.65. The molecule has 2 saturated heterocycles. The van der Waals surface area contributed by atoms with E-state index < -0.39 is 5.41 Å². The third-order valence-electron chi connectivity index (χ3n) is 8.71. The van der Waals surface area contributed by atoms with E-state index in [9.17, 15) is 14.9 Å². The molecule has 2 heterocycles. The maximum absolute atomic E-state index is 13.3. The molecule has 0 aromatic heterocycles. The summed E-state index contributed by atoms with van der Waals surface area (Å²) >= 11 is 0. The summed E-state index contributed by atoms with van der Waals surface area (Å²) < 4.78 is 0. The fourth-order valence-electron chi connectivity index (χ4n) is 7.28. The lowest BCUT2D eigenvalue weighted by Crippen LogP contribution is -2.44. The van der Waals surface area contributed by atoms with Gasteiger partial charge in [-0.05, 0) is 72.8 Å². The number of carbonyl (C=O) groups is 2. The molecule has 37 heavy (non-hydrogen) atoms. The molecule has 0 spiro atoms. The summed E-state index contributed by atoms with van der Waals surface area (Å²) in [5.41, 5.74) is 2.44. The normalized spacial score (nSPS) is 26.3. The Morgan fingerprint density at radius 2 is 1.68 bits per heavy atom. The fraction of sp³-hybridized carbons (Fsp3) is 0.516. The number of carbonyl (C=O) groups excluding carboxylic acids is 2. The van der Waals surface area contributed by atoms with Gasteiger partial charge in [-0.25, -0.2) is 0 Å². The second kappa shape index (κ2) is 9.61. The third kappa shape index (κ3) is 5.29. The molecule has 3 fully saturated rings. The Morgan fingerprint density at radius 3 is 2.32 bits per heavy atom. The van der Waals surface area contributed by atoms with Crippen LogP contribution in [0.15, 0.2) is 54.6 Å². The van der Waals surface area contributed by atoms with Crippen LogP contribution < -0.4 is 5.32 Å². The molecule has 6 heteroatoms. The molecule has 2 aliphatic heterocycles. The van der Waals surface area contributed by atoms with E-state index in [1.54, 1.807) is 0 Å². The number of nitrogens with zero attached hydrogens (tertiary/aromatic N) is 3. The first kappa shape index (κ1) is 25.5. The number of fused-ring (bicyclic) bond motifs is 2. The van der Waals surface area contributed by atoms with E-state index in [0.29, 0.717) is 49.8 Å². The zero-order chi connectivity index (χ0) is 26.3. The van der Waals surface area contributed by atoms with Gasteiger partial charge in [-0.3, -0.25) is 14.5 Å². The van der Waals surface area contributed by atoms with Crippen LogP contribution in [0.5, 0.6) is 0 Å². The molecule has 2 atom stereocenters. The van der Waals surface area contributed by atoms with Gasteiger partial charge in [-0.1, -0.05) is 51.1 Å². The average Bonchev–Trinajstić information content (AvgIpc) is 3.13. The number of anilines is 1. The minimum absolute atomic E-state index is 0.0771. The summed E-state index contributed by atoms with van der Waals surface area (Å²) in [6.45, 7) is 9.47. The van der Waals surface area contributed by atoms with Crippen molar-refractivity contribution in [1.82, 2.24) is 9.80 Å². The predicted molar refractivity (Wildman–Crippen MR) is 145 cm³/mol. The molecule has 2 aromatic carbocycles. The zero-order valence-corrected chi connectivity index (χ0v) is 22.3. The monoisotopic (exact) mass is 498 g/mol. The highest BCUT2D eigenvalue weighted by Crippen LogP contribution is 2.52. The van der Waals surface area contributed by atoms with Crippen molar-refractivity contribution in [3.63, 3.8) is 0 Å². The van der Waals surface area contributed by atoms with Crippen LogP contribution in [0, 0.1) is 22.2 Å². The van der Waals surface area contributed by atoms with Crippen LogP contribution in [0.25, 0.3) is 0 Å². The van der Waals surface area contributed by atoms with Gasteiger partial charge in [0.15, 0.2) is 0 Å². The second-order valence-corrected chi connectivity index (χ2v) is 12.6. The van der Waals surface area contributed by atoms with Crippen LogP contribution in [0.2, 0.25) is 0 Å². The Morgan fingerprint density at radius 1 is 1.00 bits per heavy atom. The second-order valence-electron chi connectivity index (χ2n) is 12.6. The van der Waals surface area contributed by atoms with Gasteiger partial charge in [-0.15, -0.1) is 0 Å². The molecule has 3 aliphatic rings. The number of nitrogens with one attached hydrogen (secondary N) is 1. The number of hydrogen-bond acceptors (Lipinski definition) is 4. The van der Waals surface area contributed by atoms with Gasteiger partial charge >= 0.3 is 0 Å². The van der Waals surface area contributed by atoms with Crippen molar-refractivity contribution in [2.45, 2.75) is 64.3 Å². The lowest BCUT2D eigenvalue weighted by molar-refractivity contribution is -0.117. The Labute approximate surface area is 220 Å². The first-order chi connectivity index (χ1) is 17.6. The summed E-state index contributed by atoms with van der Waals surface area (Å²) in [4.78, 5) is 30.3. The molecule has 2 aromatic rings. The Balaban J connectivity index is 1.14. The molecule has 6 nitrogen and oxygen atoms in total. The molecule has 1 aliphatic carbocycles. The molecule has 5 rings (SSSR count). The quantitative estimate of drug-likeness (QED) is 0.613. The first-order valence-corrected chi connectivity index (χ1v) is 13.5. The molecular formula is C31H38N4O2. The maximum atomic E-state index is 13.3. The number of piperidine rings is 1. The minimum atomic E-state index is -0.475. The first-order valence-electron chi connectivity index (χ1n) is 13.5. The Bertz CT molecular complexity index is 1190. The van der Waals surface area contributed by atoms with Crippen LogP contribution in [0.3, 0.4) is 0 Å². The zero-order valence-electron chi connectivity index (χ0n) is 22.3. The molecule has 0 radical (unpaired) electrons. The van der Waals surface area contributed by atoms with Crippen molar-refractivity contribution in [1.29, 1.82) is 5.26 Å². The number of benzene rings is 2. The number of nitriles is 1. The topological polar surface area (TPSA) is 76.4 Å². The standard InChI is InChI=1S/C31H38N4O2/c1-29(2)17-26-18-30(3,20-29)22-35(26)28(37)23-9-11-25(12-10-23)33-27(36)19-34-15-13-31(21-32,14-16-34)24-7-5-4-6-8-24/h4-12,26H,13-20,22H2,1-3H3,(H,33,36). The van der Waals surface area contributed by atoms with Crippen LogP contribution >= 0.6 is 0 Å². The van der Waals surface area contributed by atoms with Crippen LogP contribution in [-0.4, -0.2) is 53.8 Å². The van der Waals surface area contributed by atoms with E-state index in [4.69, 9.17) is 0 Å². The molecular weight excluding hydrogens is 460 g/mol. The third-order valence-corrected chi connectivity index (χ3v) is 8.71. The van der Waals surface area contributed by atoms with Gasteiger partial charge in [0.05, 0.1) is 18.0 Å². The van der Waals surface area contributed by atoms with Crippen LogP contribution in [0.4, 0.5) is 5.69 Å². The van der Waals surface area contributed by atoms with Gasteiger partial charge < -0.3 is 10.2 Å². The molecule has 1 N–H and O–H groups in total. The van der Waals surface area contributed by atoms with E-state index in [1.165, 1.54) is 0 Å². The number of likely N-dealkylation sites (tertiary alicyclic amines) is 2. The highest BCUT2D eigenvalue weighted by molar-refractivity contribution is 5.96. The van der Waals surface area contributed by atoms with Crippen LogP contribution in [-0.2, 0) is 10.2 Å². The van der Waals surface area contributed by atoms with Crippen molar-refractivity contribution in [2.24, 2.45) is 10.8 Å². The van der Waals surface area contributed by atoms with Crippen molar-refractivity contribution in [3.05, 3.63) is 65.7 Å². The van der Waals surface area contributed by atoms with Crippen molar-refractivity contribution in [3.8, 4) is 6.07 Å². The highest BCUT2D eigenvalue weighted by Gasteiger charge is 2.51. The number of hydrogen-bond donors (Lipinski definition) is 1. The number of amides is 2. The summed E-state index contributed by atoms with van der Waals surface area (Å²) in [7, 11) is 0. The lowest BCUT2D eigenvalue weighted by Gasteiger charge is -2.39.